The van der Waals surface area contributed by atoms with Crippen LogP contribution in [0.3, 0.4) is 0 Å². The first-order valence-corrected chi connectivity index (χ1v) is 8.19. The first kappa shape index (κ1) is 16.9. The van der Waals surface area contributed by atoms with Gasteiger partial charge in [0.25, 0.3) is 0 Å². The van der Waals surface area contributed by atoms with E-state index >= 15 is 0 Å². The van der Waals surface area contributed by atoms with Crippen LogP contribution < -0.4 is 5.32 Å². The average molecular weight is 337 g/mol. The number of nitrogens with zero attached hydrogens (tertiary/aromatic N) is 2. The second-order valence-corrected chi connectivity index (χ2v) is 6.06. The van der Waals surface area contributed by atoms with Gasteiger partial charge in [0.2, 0.25) is 5.91 Å². The molecule has 2 aromatic carbocycles. The SMILES string of the molecule is Cc1cc(C)n(-c2ccc(CCC(=O)Nc3cccc(F)c3)cc2)n1. The minimum absolute atomic E-state index is 0.131. The molecular formula is C20H20FN3O. The number of carbonyl (C=O) groups excluding carboxylic acids is 1. The van der Waals surface area contributed by atoms with E-state index in [4.69, 9.17) is 0 Å². The molecule has 1 N–H and O–H groups in total. The second-order valence-electron chi connectivity index (χ2n) is 6.06. The van der Waals surface area contributed by atoms with Crippen LogP contribution >= 0.6 is 0 Å². The zero-order valence-electron chi connectivity index (χ0n) is 14.3. The maximum Gasteiger partial charge on any atom is 0.224 e. The van der Waals surface area contributed by atoms with Crippen molar-refractivity contribution in [3.05, 3.63) is 77.4 Å². The van der Waals surface area contributed by atoms with Crippen molar-refractivity contribution < 1.29 is 9.18 Å². The van der Waals surface area contributed by atoms with E-state index in [1.54, 1.807) is 12.1 Å². The highest BCUT2D eigenvalue weighted by atomic mass is 19.1. The molecule has 0 saturated heterocycles. The van der Waals surface area contributed by atoms with Crippen molar-refractivity contribution in [2.24, 2.45) is 0 Å². The molecule has 3 rings (SSSR count). The van der Waals surface area contributed by atoms with Gasteiger partial charge in [-0.1, -0.05) is 18.2 Å². The summed E-state index contributed by atoms with van der Waals surface area (Å²) in [5, 5.41) is 7.17. The van der Waals surface area contributed by atoms with Crippen LogP contribution in [0.5, 0.6) is 0 Å². The highest BCUT2D eigenvalue weighted by Crippen LogP contribution is 2.15. The van der Waals surface area contributed by atoms with Crippen molar-refractivity contribution in [2.45, 2.75) is 26.7 Å². The minimum Gasteiger partial charge on any atom is -0.326 e. The summed E-state index contributed by atoms with van der Waals surface area (Å²) in [5.41, 5.74) is 4.61. The van der Waals surface area contributed by atoms with E-state index in [9.17, 15) is 9.18 Å². The van der Waals surface area contributed by atoms with Crippen LogP contribution in [0.2, 0.25) is 0 Å². The van der Waals surface area contributed by atoms with E-state index in [0.29, 0.717) is 18.5 Å². The highest BCUT2D eigenvalue weighted by Gasteiger charge is 2.06. The fourth-order valence-electron chi connectivity index (χ4n) is 2.74. The Hall–Kier alpha value is -2.95. The van der Waals surface area contributed by atoms with E-state index in [2.05, 4.69) is 10.4 Å². The number of benzene rings is 2. The van der Waals surface area contributed by atoms with Crippen LogP contribution in [-0.4, -0.2) is 15.7 Å². The van der Waals surface area contributed by atoms with Crippen molar-refractivity contribution in [1.82, 2.24) is 9.78 Å². The number of anilines is 1. The lowest BCUT2D eigenvalue weighted by molar-refractivity contribution is -0.116. The third-order valence-corrected chi connectivity index (χ3v) is 3.94. The molecular weight excluding hydrogens is 317 g/mol. The van der Waals surface area contributed by atoms with E-state index in [1.807, 2.05) is 48.9 Å². The summed E-state index contributed by atoms with van der Waals surface area (Å²) in [6.45, 7) is 3.99. The predicted molar refractivity (Wildman–Crippen MR) is 96.4 cm³/mol. The summed E-state index contributed by atoms with van der Waals surface area (Å²) in [7, 11) is 0. The van der Waals surface area contributed by atoms with Crippen LogP contribution in [0.4, 0.5) is 10.1 Å². The molecule has 0 aliphatic rings. The number of hydrogen-bond donors (Lipinski definition) is 1. The van der Waals surface area contributed by atoms with Gasteiger partial charge in [0.1, 0.15) is 5.82 Å². The standard InChI is InChI=1S/C20H20FN3O/c1-14-12-15(2)24(23-14)19-9-6-16(7-10-19)8-11-20(25)22-18-5-3-4-17(21)13-18/h3-7,9-10,12-13H,8,11H2,1-2H3,(H,22,25). The van der Waals surface area contributed by atoms with Crippen molar-refractivity contribution >= 4 is 11.6 Å². The Bertz CT molecular complexity index is 884. The predicted octanol–water partition coefficient (Wildman–Crippen LogP) is 4.20. The third-order valence-electron chi connectivity index (χ3n) is 3.94. The van der Waals surface area contributed by atoms with Crippen molar-refractivity contribution in [1.29, 1.82) is 0 Å². The summed E-state index contributed by atoms with van der Waals surface area (Å²) in [6.07, 6.45) is 0.967. The van der Waals surface area contributed by atoms with Gasteiger partial charge in [-0.3, -0.25) is 4.79 Å². The highest BCUT2D eigenvalue weighted by molar-refractivity contribution is 5.90. The molecule has 3 aromatic rings. The molecule has 5 heteroatoms. The summed E-state index contributed by atoms with van der Waals surface area (Å²) in [4.78, 5) is 12.0. The molecule has 1 heterocycles. The number of nitrogens with one attached hydrogen (secondary N) is 1. The molecule has 1 amide bonds. The Kier molecular flexibility index (Phi) is 4.93. The molecule has 128 valence electrons. The molecule has 0 saturated carbocycles. The lowest BCUT2D eigenvalue weighted by Gasteiger charge is -2.07. The van der Waals surface area contributed by atoms with Crippen LogP contribution in [0.15, 0.2) is 54.6 Å². The van der Waals surface area contributed by atoms with Crippen LogP contribution in [0, 0.1) is 19.7 Å². The molecule has 0 atom stereocenters. The summed E-state index contributed by atoms with van der Waals surface area (Å²) < 4.78 is 15.0. The molecule has 0 aliphatic heterocycles. The van der Waals surface area contributed by atoms with Crippen molar-refractivity contribution in [3.63, 3.8) is 0 Å². The van der Waals surface area contributed by atoms with E-state index in [1.165, 1.54) is 12.1 Å². The average Bonchev–Trinajstić information content (AvgIpc) is 2.92. The normalized spacial score (nSPS) is 10.7. The van der Waals surface area contributed by atoms with Gasteiger partial charge in [-0.15, -0.1) is 0 Å². The quantitative estimate of drug-likeness (QED) is 0.758. The lowest BCUT2D eigenvalue weighted by Crippen LogP contribution is -2.12. The maximum absolute atomic E-state index is 13.1. The number of rotatable bonds is 5. The van der Waals surface area contributed by atoms with Gasteiger partial charge in [0.05, 0.1) is 11.4 Å². The number of aromatic nitrogens is 2. The number of aryl methyl sites for hydroxylation is 3. The summed E-state index contributed by atoms with van der Waals surface area (Å²) in [6, 6.07) is 15.9. The van der Waals surface area contributed by atoms with Gasteiger partial charge < -0.3 is 5.32 Å². The van der Waals surface area contributed by atoms with Gasteiger partial charge in [-0.25, -0.2) is 9.07 Å². The van der Waals surface area contributed by atoms with Gasteiger partial charge in [0.15, 0.2) is 0 Å². The summed E-state index contributed by atoms with van der Waals surface area (Å²) >= 11 is 0. The Morgan fingerprint density at radius 1 is 1.12 bits per heavy atom. The Morgan fingerprint density at radius 2 is 1.88 bits per heavy atom. The topological polar surface area (TPSA) is 46.9 Å². The Morgan fingerprint density at radius 3 is 2.52 bits per heavy atom. The largest absolute Gasteiger partial charge is 0.326 e. The van der Waals surface area contributed by atoms with E-state index in [0.717, 1.165) is 22.6 Å². The van der Waals surface area contributed by atoms with Gasteiger partial charge in [0, 0.05) is 17.8 Å². The molecule has 0 spiro atoms. The molecule has 0 aliphatic carbocycles. The smallest absolute Gasteiger partial charge is 0.224 e. The maximum atomic E-state index is 13.1. The molecule has 0 radical (unpaired) electrons. The minimum atomic E-state index is -0.363. The second kappa shape index (κ2) is 7.30. The molecule has 0 fully saturated rings. The first-order chi connectivity index (χ1) is 12.0. The first-order valence-electron chi connectivity index (χ1n) is 8.19. The van der Waals surface area contributed by atoms with Crippen molar-refractivity contribution in [2.75, 3.05) is 5.32 Å². The fraction of sp³-hybridized carbons (Fsp3) is 0.200. The van der Waals surface area contributed by atoms with E-state index < -0.39 is 0 Å². The molecule has 4 nitrogen and oxygen atoms in total. The number of amides is 1. The summed E-state index contributed by atoms with van der Waals surface area (Å²) in [5.74, 6) is -0.495. The van der Waals surface area contributed by atoms with Gasteiger partial charge in [-0.2, -0.15) is 5.10 Å². The third kappa shape index (κ3) is 4.32. The zero-order chi connectivity index (χ0) is 17.8. The molecule has 0 bridgehead atoms. The van der Waals surface area contributed by atoms with Crippen molar-refractivity contribution in [3.8, 4) is 5.69 Å². The van der Waals surface area contributed by atoms with Crippen LogP contribution in [0.1, 0.15) is 23.4 Å². The van der Waals surface area contributed by atoms with Gasteiger partial charge in [-0.05, 0) is 62.2 Å². The zero-order valence-corrected chi connectivity index (χ0v) is 14.3. The van der Waals surface area contributed by atoms with Gasteiger partial charge >= 0.3 is 0 Å². The Balaban J connectivity index is 1.58. The fourth-order valence-corrected chi connectivity index (χ4v) is 2.74. The molecule has 25 heavy (non-hydrogen) atoms. The number of hydrogen-bond acceptors (Lipinski definition) is 2. The van der Waals surface area contributed by atoms with Crippen LogP contribution in [-0.2, 0) is 11.2 Å². The Labute approximate surface area is 146 Å². The molecule has 0 unspecified atom stereocenters. The van der Waals surface area contributed by atoms with E-state index in [-0.39, 0.29) is 11.7 Å². The van der Waals surface area contributed by atoms with Crippen LogP contribution in [0.25, 0.3) is 5.69 Å². The lowest BCUT2D eigenvalue weighted by atomic mass is 10.1. The number of halogens is 1. The monoisotopic (exact) mass is 337 g/mol. The number of carbonyl (C=O) groups is 1. The molecule has 1 aromatic heterocycles.